The van der Waals surface area contributed by atoms with Gasteiger partial charge in [0, 0.05) is 27.2 Å². The van der Waals surface area contributed by atoms with Crippen LogP contribution in [0.2, 0.25) is 0 Å². The summed E-state index contributed by atoms with van der Waals surface area (Å²) in [5.41, 5.74) is 4.59. The van der Waals surface area contributed by atoms with Crippen LogP contribution >= 0.6 is 22.6 Å². The van der Waals surface area contributed by atoms with Gasteiger partial charge in [0.1, 0.15) is 11.4 Å². The third-order valence-electron chi connectivity index (χ3n) is 5.16. The average Bonchev–Trinajstić information content (AvgIpc) is 2.63. The molecule has 3 N–H and O–H groups in total. The smallest absolute Gasteiger partial charge is 0.254 e. The molecule has 1 fully saturated rings. The number of carbonyl (C=O) groups is 1. The van der Waals surface area contributed by atoms with Crippen LogP contribution in [-0.2, 0) is 6.42 Å². The number of benzene rings is 2. The summed E-state index contributed by atoms with van der Waals surface area (Å²) in [5.74, 6) is -3.38. The molecule has 4 nitrogen and oxygen atoms in total. The van der Waals surface area contributed by atoms with Gasteiger partial charge in [-0.2, -0.15) is 0 Å². The van der Waals surface area contributed by atoms with Gasteiger partial charge in [-0.25, -0.2) is 13.2 Å². The average molecular weight is 504 g/mol. The minimum absolute atomic E-state index is 0.0111. The molecule has 1 heterocycles. The van der Waals surface area contributed by atoms with Gasteiger partial charge >= 0.3 is 0 Å². The summed E-state index contributed by atoms with van der Waals surface area (Å²) in [6.45, 7) is 1.85. The van der Waals surface area contributed by atoms with Gasteiger partial charge in [0.05, 0.1) is 13.1 Å². The van der Waals surface area contributed by atoms with Crippen molar-refractivity contribution in [2.45, 2.75) is 31.4 Å². The predicted molar refractivity (Wildman–Crippen MR) is 107 cm³/mol. The van der Waals surface area contributed by atoms with Gasteiger partial charge in [-0.1, -0.05) is 13.0 Å². The molecular weight excluding hydrogens is 484 g/mol. The molecule has 1 aliphatic heterocycles. The van der Waals surface area contributed by atoms with Crippen molar-refractivity contribution in [1.82, 2.24) is 4.90 Å². The van der Waals surface area contributed by atoms with E-state index in [-0.39, 0.29) is 36.2 Å². The number of nitrogens with two attached hydrogens (primary N) is 1. The molecule has 1 amide bonds. The SMILES string of the molecule is CCC(N)C1(O)CN(C(=O)c2ccc(F)c(F)c2Cc2ccc(I)cc2F)C1. The number of aliphatic hydroxyl groups is 1. The monoisotopic (exact) mass is 504 g/mol. The van der Waals surface area contributed by atoms with E-state index in [4.69, 9.17) is 5.73 Å². The van der Waals surface area contributed by atoms with Crippen molar-refractivity contribution < 1.29 is 23.1 Å². The molecule has 0 radical (unpaired) electrons. The summed E-state index contributed by atoms with van der Waals surface area (Å²) in [7, 11) is 0. The quantitative estimate of drug-likeness (QED) is 0.615. The maximum atomic E-state index is 14.5. The maximum absolute atomic E-state index is 14.5. The lowest BCUT2D eigenvalue weighted by Gasteiger charge is -2.49. The van der Waals surface area contributed by atoms with Crippen molar-refractivity contribution in [2.24, 2.45) is 5.73 Å². The Kier molecular flexibility index (Phi) is 6.02. The van der Waals surface area contributed by atoms with Crippen molar-refractivity contribution in [2.75, 3.05) is 13.1 Å². The Balaban J connectivity index is 1.90. The Hall–Kier alpha value is -1.65. The number of nitrogens with zero attached hydrogens (tertiary/aromatic N) is 1. The Bertz CT molecular complexity index is 917. The van der Waals surface area contributed by atoms with Gasteiger partial charge in [-0.3, -0.25) is 4.79 Å². The molecule has 0 aromatic heterocycles. The van der Waals surface area contributed by atoms with E-state index in [9.17, 15) is 23.1 Å². The van der Waals surface area contributed by atoms with E-state index in [1.807, 2.05) is 29.5 Å². The Morgan fingerprint density at radius 3 is 2.54 bits per heavy atom. The molecule has 8 heteroatoms. The van der Waals surface area contributed by atoms with Gasteiger partial charge in [0.2, 0.25) is 0 Å². The lowest BCUT2D eigenvalue weighted by molar-refractivity contribution is -0.0971. The first-order valence-electron chi connectivity index (χ1n) is 8.84. The van der Waals surface area contributed by atoms with Crippen LogP contribution in [0.1, 0.15) is 34.8 Å². The van der Waals surface area contributed by atoms with Crippen LogP contribution in [0.5, 0.6) is 0 Å². The molecule has 0 aliphatic carbocycles. The lowest BCUT2D eigenvalue weighted by atomic mass is 9.84. The molecule has 28 heavy (non-hydrogen) atoms. The summed E-state index contributed by atoms with van der Waals surface area (Å²) in [6, 6.07) is 6.01. The molecule has 0 bridgehead atoms. The zero-order valence-corrected chi connectivity index (χ0v) is 17.3. The van der Waals surface area contributed by atoms with E-state index in [2.05, 4.69) is 0 Å². The standard InChI is InChI=1S/C20H20F3IN2O2/c1-2-17(25)20(28)9-26(10-20)19(27)13-5-6-15(21)18(23)14(13)7-11-3-4-12(24)8-16(11)22/h3-6,8,17,28H,2,7,9-10,25H2,1H3. The van der Waals surface area contributed by atoms with Crippen molar-refractivity contribution in [1.29, 1.82) is 0 Å². The molecule has 1 atom stereocenters. The fourth-order valence-electron chi connectivity index (χ4n) is 3.36. The molecule has 2 aromatic rings. The minimum Gasteiger partial charge on any atom is -0.385 e. The fourth-order valence-corrected chi connectivity index (χ4v) is 3.82. The summed E-state index contributed by atoms with van der Waals surface area (Å²) >= 11 is 1.95. The van der Waals surface area contributed by atoms with E-state index in [0.717, 1.165) is 6.07 Å². The zero-order valence-electron chi connectivity index (χ0n) is 15.2. The van der Waals surface area contributed by atoms with Gasteiger partial charge < -0.3 is 15.7 Å². The highest BCUT2D eigenvalue weighted by atomic mass is 127. The van der Waals surface area contributed by atoms with Crippen LogP contribution < -0.4 is 5.73 Å². The number of carbonyl (C=O) groups excluding carboxylic acids is 1. The number of hydrogen-bond acceptors (Lipinski definition) is 3. The van der Waals surface area contributed by atoms with Gasteiger partial charge in [0.15, 0.2) is 11.6 Å². The number of rotatable bonds is 5. The molecule has 1 saturated heterocycles. The van der Waals surface area contributed by atoms with Crippen LogP contribution in [0, 0.1) is 21.0 Å². The van der Waals surface area contributed by atoms with Crippen molar-refractivity contribution in [3.05, 3.63) is 68.0 Å². The molecule has 2 aromatic carbocycles. The van der Waals surface area contributed by atoms with E-state index in [1.165, 1.54) is 23.1 Å². The number of amides is 1. The lowest BCUT2D eigenvalue weighted by Crippen LogP contribution is -2.70. The molecule has 1 unspecified atom stereocenters. The van der Waals surface area contributed by atoms with Crippen LogP contribution in [0.4, 0.5) is 13.2 Å². The highest BCUT2D eigenvalue weighted by Crippen LogP contribution is 2.29. The van der Waals surface area contributed by atoms with Crippen molar-refractivity contribution in [3.63, 3.8) is 0 Å². The second-order valence-corrected chi connectivity index (χ2v) is 8.33. The molecular formula is C20H20F3IN2O2. The summed E-state index contributed by atoms with van der Waals surface area (Å²) in [4.78, 5) is 14.2. The minimum atomic E-state index is -1.19. The van der Waals surface area contributed by atoms with Gasteiger partial charge in [-0.05, 0) is 58.8 Å². The van der Waals surface area contributed by atoms with Gasteiger partial charge in [0.25, 0.3) is 5.91 Å². The first-order valence-corrected chi connectivity index (χ1v) is 9.92. The third-order valence-corrected chi connectivity index (χ3v) is 5.83. The Labute approximate surface area is 174 Å². The van der Waals surface area contributed by atoms with Crippen molar-refractivity contribution >= 4 is 28.5 Å². The number of hydrogen-bond donors (Lipinski definition) is 2. The number of likely N-dealkylation sites (tertiary alicyclic amines) is 1. The highest BCUT2D eigenvalue weighted by Gasteiger charge is 2.47. The van der Waals surface area contributed by atoms with Gasteiger partial charge in [-0.15, -0.1) is 0 Å². The number of β-amino-alcohol motifs (C(OH)–C–C–N with tert-alkyl or cyclic N) is 1. The molecule has 3 rings (SSSR count). The molecule has 0 spiro atoms. The fraction of sp³-hybridized carbons (Fsp3) is 0.350. The Morgan fingerprint density at radius 1 is 1.25 bits per heavy atom. The Morgan fingerprint density at radius 2 is 1.93 bits per heavy atom. The van der Waals surface area contributed by atoms with E-state index >= 15 is 0 Å². The highest BCUT2D eigenvalue weighted by molar-refractivity contribution is 14.1. The topological polar surface area (TPSA) is 66.6 Å². The second kappa shape index (κ2) is 8.00. The largest absolute Gasteiger partial charge is 0.385 e. The molecule has 0 saturated carbocycles. The zero-order chi connectivity index (χ0) is 20.6. The normalized spacial score (nSPS) is 16.6. The summed E-state index contributed by atoms with van der Waals surface area (Å²) < 4.78 is 43.2. The molecule has 150 valence electrons. The first kappa shape index (κ1) is 21.1. The summed E-state index contributed by atoms with van der Waals surface area (Å²) in [6.07, 6.45) is 0.279. The second-order valence-electron chi connectivity index (χ2n) is 7.08. The van der Waals surface area contributed by atoms with Crippen LogP contribution in [0.25, 0.3) is 0 Å². The van der Waals surface area contributed by atoms with E-state index in [1.54, 1.807) is 6.07 Å². The first-order chi connectivity index (χ1) is 13.2. The van der Waals surface area contributed by atoms with Crippen LogP contribution in [0.15, 0.2) is 30.3 Å². The van der Waals surface area contributed by atoms with Crippen LogP contribution in [0.3, 0.4) is 0 Å². The predicted octanol–water partition coefficient (Wildman–Crippen LogP) is 3.22. The number of halogens is 4. The van der Waals surface area contributed by atoms with E-state index in [0.29, 0.717) is 9.99 Å². The van der Waals surface area contributed by atoms with Crippen molar-refractivity contribution in [3.8, 4) is 0 Å². The summed E-state index contributed by atoms with van der Waals surface area (Å²) in [5, 5.41) is 10.4. The van der Waals surface area contributed by atoms with E-state index < -0.39 is 35.0 Å². The third kappa shape index (κ3) is 3.90. The molecule has 1 aliphatic rings. The maximum Gasteiger partial charge on any atom is 0.254 e. The van der Waals surface area contributed by atoms with Crippen LogP contribution in [-0.4, -0.2) is 40.6 Å².